The molecule has 1 nitrogen and oxygen atoms in total. The van der Waals surface area contributed by atoms with Gasteiger partial charge >= 0.3 is 0 Å². The first-order valence-corrected chi connectivity index (χ1v) is 7.67. The van der Waals surface area contributed by atoms with Gasteiger partial charge in [-0.3, -0.25) is 0 Å². The maximum Gasteiger partial charge on any atom is 0.0443 e. The maximum absolute atomic E-state index is 3.76. The lowest BCUT2D eigenvalue weighted by molar-refractivity contribution is 0.375. The van der Waals surface area contributed by atoms with E-state index < -0.39 is 0 Å². The van der Waals surface area contributed by atoms with Crippen molar-refractivity contribution < 1.29 is 0 Å². The summed E-state index contributed by atoms with van der Waals surface area (Å²) in [6, 6.07) is 5.06. The van der Waals surface area contributed by atoms with Gasteiger partial charge in [0.1, 0.15) is 0 Å². The maximum atomic E-state index is 3.76. The van der Waals surface area contributed by atoms with Gasteiger partial charge in [-0.15, -0.1) is 11.3 Å². The lowest BCUT2D eigenvalue weighted by Crippen LogP contribution is -2.27. The van der Waals surface area contributed by atoms with Crippen LogP contribution in [0.2, 0.25) is 0 Å². The molecule has 2 rings (SSSR count). The molecule has 0 aliphatic heterocycles. The summed E-state index contributed by atoms with van der Waals surface area (Å²) < 4.78 is 0. The molecular formula is C15H23NS. The highest BCUT2D eigenvalue weighted by Crippen LogP contribution is 2.37. The smallest absolute Gasteiger partial charge is 0.0443 e. The zero-order chi connectivity index (χ0) is 11.9. The summed E-state index contributed by atoms with van der Waals surface area (Å²) in [6.45, 7) is 3.19. The molecule has 1 atom stereocenters. The zero-order valence-electron chi connectivity index (χ0n) is 10.7. The van der Waals surface area contributed by atoms with Crippen LogP contribution in [0, 0.1) is 5.92 Å². The molecule has 1 aromatic rings. The lowest BCUT2D eigenvalue weighted by Gasteiger charge is -2.23. The molecule has 0 spiro atoms. The van der Waals surface area contributed by atoms with E-state index in [0.717, 1.165) is 18.9 Å². The van der Waals surface area contributed by atoms with Crippen LogP contribution in [0.25, 0.3) is 0 Å². The predicted octanol–water partition coefficient (Wildman–Crippen LogP) is 4.54. The van der Waals surface area contributed by atoms with Crippen LogP contribution >= 0.6 is 11.3 Å². The Hall–Kier alpha value is -0.600. The van der Waals surface area contributed by atoms with Crippen LogP contribution in [-0.2, 0) is 0 Å². The van der Waals surface area contributed by atoms with Crippen LogP contribution in [0.4, 0.5) is 0 Å². The number of allylic oxidation sites excluding steroid dienone is 1. The minimum absolute atomic E-state index is 0.600. The van der Waals surface area contributed by atoms with Gasteiger partial charge < -0.3 is 5.32 Å². The van der Waals surface area contributed by atoms with E-state index in [-0.39, 0.29) is 0 Å². The minimum Gasteiger partial charge on any atom is -0.309 e. The topological polar surface area (TPSA) is 12.0 Å². The molecule has 0 amide bonds. The molecule has 17 heavy (non-hydrogen) atoms. The van der Waals surface area contributed by atoms with E-state index >= 15 is 0 Å². The van der Waals surface area contributed by atoms with Crippen LogP contribution in [0.3, 0.4) is 0 Å². The van der Waals surface area contributed by atoms with Crippen molar-refractivity contribution in [2.75, 3.05) is 6.54 Å². The van der Waals surface area contributed by atoms with Gasteiger partial charge in [-0.1, -0.05) is 31.1 Å². The van der Waals surface area contributed by atoms with Gasteiger partial charge in [-0.25, -0.2) is 0 Å². The average molecular weight is 249 g/mol. The highest BCUT2D eigenvalue weighted by atomic mass is 32.1. The summed E-state index contributed by atoms with van der Waals surface area (Å²) in [5.41, 5.74) is 0. The average Bonchev–Trinajstić information content (AvgIpc) is 3.02. The van der Waals surface area contributed by atoms with Crippen molar-refractivity contribution in [3.63, 3.8) is 0 Å². The third-order valence-electron chi connectivity index (χ3n) is 3.63. The zero-order valence-corrected chi connectivity index (χ0v) is 11.5. The molecule has 0 aromatic carbocycles. The van der Waals surface area contributed by atoms with E-state index in [0.29, 0.717) is 6.04 Å². The Bertz CT molecular complexity index is 323. The number of hydrogen-bond donors (Lipinski definition) is 1. The molecule has 1 aliphatic carbocycles. The predicted molar refractivity (Wildman–Crippen MR) is 76.5 cm³/mol. The molecule has 1 unspecified atom stereocenters. The second-order valence-corrected chi connectivity index (χ2v) is 5.83. The lowest BCUT2D eigenvalue weighted by atomic mass is 9.96. The summed E-state index contributed by atoms with van der Waals surface area (Å²) in [5, 5.41) is 5.96. The Morgan fingerprint density at radius 2 is 2.29 bits per heavy atom. The molecule has 1 saturated carbocycles. The fourth-order valence-electron chi connectivity index (χ4n) is 2.75. The molecule has 1 N–H and O–H groups in total. The first-order valence-electron chi connectivity index (χ1n) is 6.79. The van der Waals surface area contributed by atoms with Gasteiger partial charge in [0.25, 0.3) is 0 Å². The van der Waals surface area contributed by atoms with E-state index in [1.807, 2.05) is 11.3 Å². The monoisotopic (exact) mass is 249 g/mol. The third kappa shape index (κ3) is 3.68. The van der Waals surface area contributed by atoms with Crippen molar-refractivity contribution in [2.45, 2.75) is 45.1 Å². The summed E-state index contributed by atoms with van der Waals surface area (Å²) in [4.78, 5) is 1.53. The highest BCUT2D eigenvalue weighted by Gasteiger charge is 2.26. The molecule has 2 heteroatoms. The molecule has 0 radical (unpaired) electrons. The molecule has 1 heterocycles. The molecular weight excluding hydrogens is 226 g/mol. The van der Waals surface area contributed by atoms with Crippen molar-refractivity contribution >= 4 is 11.3 Å². The van der Waals surface area contributed by atoms with Gasteiger partial charge in [0.2, 0.25) is 0 Å². The van der Waals surface area contributed by atoms with Gasteiger partial charge in [-0.2, -0.15) is 0 Å². The molecule has 0 bridgehead atoms. The Labute approximate surface area is 109 Å². The summed E-state index contributed by atoms with van der Waals surface area (Å²) in [7, 11) is 0. The Kier molecular flexibility index (Phi) is 5.27. The van der Waals surface area contributed by atoms with Gasteiger partial charge in [0.05, 0.1) is 0 Å². The van der Waals surface area contributed by atoms with Gasteiger partial charge in [0, 0.05) is 10.9 Å². The largest absolute Gasteiger partial charge is 0.309 e. The van der Waals surface area contributed by atoms with E-state index in [9.17, 15) is 0 Å². The van der Waals surface area contributed by atoms with E-state index in [4.69, 9.17) is 0 Å². The second kappa shape index (κ2) is 6.97. The van der Waals surface area contributed by atoms with Crippen LogP contribution in [0.5, 0.6) is 0 Å². The number of nitrogens with one attached hydrogen (secondary N) is 1. The van der Waals surface area contributed by atoms with E-state index in [2.05, 4.69) is 41.9 Å². The first-order chi connectivity index (χ1) is 8.42. The summed E-state index contributed by atoms with van der Waals surface area (Å²) >= 11 is 1.90. The molecule has 0 saturated heterocycles. The van der Waals surface area contributed by atoms with E-state index in [1.165, 1.54) is 30.6 Å². The quantitative estimate of drug-likeness (QED) is 0.577. The van der Waals surface area contributed by atoms with Gasteiger partial charge in [0.15, 0.2) is 0 Å². The standard InChI is InChI=1S/C15H23NS/c1-2-3-6-11-16-15(13-8-4-5-9-13)14-10-7-12-17-14/h2-3,7,10,12-13,15-16H,4-6,8-9,11H2,1H3/b3-2+. The van der Waals surface area contributed by atoms with Crippen LogP contribution < -0.4 is 5.32 Å². The number of rotatable bonds is 6. The third-order valence-corrected chi connectivity index (χ3v) is 4.59. The van der Waals surface area contributed by atoms with Crippen LogP contribution in [0.1, 0.15) is 49.9 Å². The van der Waals surface area contributed by atoms with Crippen molar-refractivity contribution in [1.82, 2.24) is 5.32 Å². The van der Waals surface area contributed by atoms with Crippen LogP contribution in [-0.4, -0.2) is 6.54 Å². The van der Waals surface area contributed by atoms with Crippen molar-refractivity contribution in [2.24, 2.45) is 5.92 Å². The van der Waals surface area contributed by atoms with Crippen molar-refractivity contribution in [1.29, 1.82) is 0 Å². The normalized spacial score (nSPS) is 19.1. The Morgan fingerprint density at radius 3 is 2.94 bits per heavy atom. The summed E-state index contributed by atoms with van der Waals surface area (Å²) in [5.74, 6) is 0.860. The van der Waals surface area contributed by atoms with Crippen LogP contribution in [0.15, 0.2) is 29.7 Å². The fraction of sp³-hybridized carbons (Fsp3) is 0.600. The molecule has 94 valence electrons. The Balaban J connectivity index is 1.92. The SMILES string of the molecule is C/C=C/CCNC(c1cccs1)C1CCCC1. The van der Waals surface area contributed by atoms with Crippen molar-refractivity contribution in [3.05, 3.63) is 34.5 Å². The second-order valence-electron chi connectivity index (χ2n) is 4.85. The molecule has 1 fully saturated rings. The fourth-order valence-corrected chi connectivity index (χ4v) is 3.64. The first kappa shape index (κ1) is 12.8. The number of thiophene rings is 1. The Morgan fingerprint density at radius 1 is 1.47 bits per heavy atom. The van der Waals surface area contributed by atoms with Gasteiger partial charge in [-0.05, 0) is 50.1 Å². The highest BCUT2D eigenvalue weighted by molar-refractivity contribution is 7.10. The minimum atomic E-state index is 0.600. The molecule has 1 aliphatic rings. The van der Waals surface area contributed by atoms with E-state index in [1.54, 1.807) is 0 Å². The molecule has 1 aromatic heterocycles. The summed E-state index contributed by atoms with van der Waals surface area (Å²) in [6.07, 6.45) is 11.2. The van der Waals surface area contributed by atoms with Crippen molar-refractivity contribution in [3.8, 4) is 0 Å². The number of hydrogen-bond acceptors (Lipinski definition) is 2.